The summed E-state index contributed by atoms with van der Waals surface area (Å²) in [7, 11) is 0. The molecule has 0 unspecified atom stereocenters. The third kappa shape index (κ3) is 3.01. The lowest BCUT2D eigenvalue weighted by atomic mass is 10.1. The minimum Gasteiger partial charge on any atom is -0.332 e. The van der Waals surface area contributed by atoms with Crippen LogP contribution in [0.3, 0.4) is 0 Å². The van der Waals surface area contributed by atoms with E-state index in [0.717, 1.165) is 29.2 Å². The van der Waals surface area contributed by atoms with E-state index < -0.39 is 0 Å². The number of benzene rings is 2. The van der Waals surface area contributed by atoms with Gasteiger partial charge in [0.2, 0.25) is 0 Å². The molecule has 0 aliphatic carbocycles. The van der Waals surface area contributed by atoms with E-state index in [-0.39, 0.29) is 11.9 Å². The van der Waals surface area contributed by atoms with E-state index in [1.54, 1.807) is 0 Å². The van der Waals surface area contributed by atoms with Gasteiger partial charge in [-0.15, -0.1) is 0 Å². The molecule has 2 aromatic carbocycles. The Bertz CT molecular complexity index is 686. The Kier molecular flexibility index (Phi) is 4.46. The number of amides is 1. The maximum Gasteiger partial charge on any atom is 0.282 e. The summed E-state index contributed by atoms with van der Waals surface area (Å²) in [5.41, 5.74) is 3.39. The highest BCUT2D eigenvalue weighted by atomic mass is 35.5. The molecule has 0 saturated heterocycles. The molecular formula is C18H20ClN2O+. The summed E-state index contributed by atoms with van der Waals surface area (Å²) in [6, 6.07) is 16.1. The van der Waals surface area contributed by atoms with E-state index in [2.05, 4.69) is 13.0 Å². The second-order valence-corrected chi connectivity index (χ2v) is 6.08. The maximum atomic E-state index is 12.5. The molecule has 0 fully saturated rings. The minimum atomic E-state index is 0.156. The first-order valence-electron chi connectivity index (χ1n) is 7.63. The van der Waals surface area contributed by atoms with Gasteiger partial charge in [-0.25, -0.2) is 0 Å². The Morgan fingerprint density at radius 3 is 2.77 bits per heavy atom. The lowest BCUT2D eigenvalue weighted by molar-refractivity contribution is -0.682. The molecule has 1 amide bonds. The third-order valence-corrected chi connectivity index (χ3v) is 4.57. The average Bonchev–Trinajstić information content (AvgIpc) is 2.97. The number of carbonyl (C=O) groups is 1. The SMILES string of the molecule is C[C@@H]([NH2+]CC(=O)N1CCc2ccccc21)c1ccccc1Cl. The molecule has 0 bridgehead atoms. The number of anilines is 1. The van der Waals surface area contributed by atoms with Crippen molar-refractivity contribution in [2.45, 2.75) is 19.4 Å². The summed E-state index contributed by atoms with van der Waals surface area (Å²) in [4.78, 5) is 14.4. The van der Waals surface area contributed by atoms with Gasteiger partial charge in [0, 0.05) is 22.8 Å². The van der Waals surface area contributed by atoms with E-state index in [1.165, 1.54) is 5.56 Å². The van der Waals surface area contributed by atoms with Crippen LogP contribution in [0.2, 0.25) is 5.02 Å². The quantitative estimate of drug-likeness (QED) is 0.925. The van der Waals surface area contributed by atoms with E-state index in [1.807, 2.05) is 52.7 Å². The van der Waals surface area contributed by atoms with Crippen molar-refractivity contribution in [2.75, 3.05) is 18.0 Å². The minimum absolute atomic E-state index is 0.156. The molecule has 114 valence electrons. The third-order valence-electron chi connectivity index (χ3n) is 4.23. The van der Waals surface area contributed by atoms with Crippen LogP contribution in [0.25, 0.3) is 0 Å². The average molecular weight is 316 g/mol. The largest absolute Gasteiger partial charge is 0.332 e. The van der Waals surface area contributed by atoms with E-state index >= 15 is 0 Å². The molecule has 3 rings (SSSR count). The number of hydrogen-bond donors (Lipinski definition) is 1. The van der Waals surface area contributed by atoms with Gasteiger partial charge >= 0.3 is 0 Å². The van der Waals surface area contributed by atoms with Crippen molar-refractivity contribution in [3.05, 3.63) is 64.7 Å². The van der Waals surface area contributed by atoms with Crippen LogP contribution in [0.4, 0.5) is 5.69 Å². The summed E-state index contributed by atoms with van der Waals surface area (Å²) in [5, 5.41) is 2.80. The van der Waals surface area contributed by atoms with Crippen molar-refractivity contribution in [1.82, 2.24) is 0 Å². The normalized spacial score (nSPS) is 14.7. The molecule has 1 aliphatic rings. The highest BCUT2D eigenvalue weighted by Crippen LogP contribution is 2.27. The first-order valence-corrected chi connectivity index (χ1v) is 8.00. The van der Waals surface area contributed by atoms with Crippen molar-refractivity contribution in [3.8, 4) is 0 Å². The van der Waals surface area contributed by atoms with Gasteiger partial charge in [-0.1, -0.05) is 48.0 Å². The van der Waals surface area contributed by atoms with E-state index in [9.17, 15) is 4.79 Å². The topological polar surface area (TPSA) is 36.9 Å². The van der Waals surface area contributed by atoms with E-state index in [0.29, 0.717) is 6.54 Å². The fourth-order valence-corrected chi connectivity index (χ4v) is 3.26. The summed E-state index contributed by atoms with van der Waals surface area (Å²) < 4.78 is 0. The predicted molar refractivity (Wildman–Crippen MR) is 89.2 cm³/mol. The van der Waals surface area contributed by atoms with Crippen molar-refractivity contribution in [3.63, 3.8) is 0 Å². The van der Waals surface area contributed by atoms with E-state index in [4.69, 9.17) is 11.6 Å². The first-order chi connectivity index (χ1) is 10.7. The smallest absolute Gasteiger partial charge is 0.282 e. The Labute approximate surface area is 135 Å². The van der Waals surface area contributed by atoms with Gasteiger partial charge in [0.05, 0.1) is 0 Å². The number of halogens is 1. The summed E-state index contributed by atoms with van der Waals surface area (Å²) in [5.74, 6) is 0.156. The fraction of sp³-hybridized carbons (Fsp3) is 0.278. The second-order valence-electron chi connectivity index (χ2n) is 5.67. The lowest BCUT2D eigenvalue weighted by Crippen LogP contribution is -2.87. The molecule has 0 saturated carbocycles. The lowest BCUT2D eigenvalue weighted by Gasteiger charge is -2.18. The summed E-state index contributed by atoms with van der Waals surface area (Å²) in [6.45, 7) is 3.29. The number of hydrogen-bond acceptors (Lipinski definition) is 1. The van der Waals surface area contributed by atoms with Gasteiger partial charge in [-0.2, -0.15) is 0 Å². The van der Waals surface area contributed by atoms with Crippen LogP contribution in [0.5, 0.6) is 0 Å². The molecule has 0 spiro atoms. The molecule has 1 heterocycles. The number of fused-ring (bicyclic) bond motifs is 1. The molecule has 2 N–H and O–H groups in total. The van der Waals surface area contributed by atoms with Gasteiger partial charge in [0.15, 0.2) is 6.54 Å². The molecule has 0 aromatic heterocycles. The zero-order valence-electron chi connectivity index (χ0n) is 12.6. The number of carbonyl (C=O) groups excluding carboxylic acids is 1. The molecule has 4 heteroatoms. The van der Waals surface area contributed by atoms with Crippen LogP contribution in [-0.2, 0) is 11.2 Å². The summed E-state index contributed by atoms with van der Waals surface area (Å²) in [6.07, 6.45) is 0.946. The first kappa shape index (κ1) is 15.1. The molecule has 1 atom stereocenters. The van der Waals surface area contributed by atoms with Crippen LogP contribution in [-0.4, -0.2) is 19.0 Å². The number of para-hydroxylation sites is 1. The Morgan fingerprint density at radius 1 is 1.23 bits per heavy atom. The Morgan fingerprint density at radius 2 is 1.95 bits per heavy atom. The highest BCUT2D eigenvalue weighted by molar-refractivity contribution is 6.31. The van der Waals surface area contributed by atoms with Gasteiger partial charge < -0.3 is 10.2 Å². The van der Waals surface area contributed by atoms with Gasteiger partial charge in [-0.05, 0) is 31.0 Å². The van der Waals surface area contributed by atoms with Crippen molar-refractivity contribution in [2.24, 2.45) is 0 Å². The van der Waals surface area contributed by atoms with Crippen LogP contribution in [0.15, 0.2) is 48.5 Å². The molecule has 22 heavy (non-hydrogen) atoms. The molecule has 2 aromatic rings. The number of nitrogens with two attached hydrogens (primary N) is 1. The Hall–Kier alpha value is -1.84. The van der Waals surface area contributed by atoms with Gasteiger partial charge in [0.1, 0.15) is 6.04 Å². The zero-order chi connectivity index (χ0) is 15.5. The van der Waals surface area contributed by atoms with Crippen LogP contribution in [0.1, 0.15) is 24.1 Å². The standard InChI is InChI=1S/C18H19ClN2O/c1-13(15-7-3-4-8-16(15)19)20-12-18(22)21-11-10-14-6-2-5-9-17(14)21/h2-9,13,20H,10-12H2,1H3/p+1/t13-/m1/s1. The highest BCUT2D eigenvalue weighted by Gasteiger charge is 2.25. The molecular weight excluding hydrogens is 296 g/mol. The van der Waals surface area contributed by atoms with Crippen LogP contribution < -0.4 is 10.2 Å². The predicted octanol–water partition coefficient (Wildman–Crippen LogP) is 2.55. The van der Waals surface area contributed by atoms with Crippen LogP contribution in [0, 0.1) is 0 Å². The second kappa shape index (κ2) is 6.51. The summed E-state index contributed by atoms with van der Waals surface area (Å²) >= 11 is 6.21. The monoisotopic (exact) mass is 315 g/mol. The Balaban J connectivity index is 1.63. The van der Waals surface area contributed by atoms with Crippen molar-refractivity contribution < 1.29 is 10.1 Å². The number of rotatable bonds is 4. The van der Waals surface area contributed by atoms with Gasteiger partial charge in [0.25, 0.3) is 5.91 Å². The fourth-order valence-electron chi connectivity index (χ4n) is 2.96. The molecule has 1 aliphatic heterocycles. The maximum absolute atomic E-state index is 12.5. The van der Waals surface area contributed by atoms with Crippen LogP contribution >= 0.6 is 11.6 Å². The zero-order valence-corrected chi connectivity index (χ0v) is 13.4. The number of nitrogens with zero attached hydrogens (tertiary/aromatic N) is 1. The van der Waals surface area contributed by atoms with Crippen molar-refractivity contribution >= 4 is 23.2 Å². The molecule has 0 radical (unpaired) electrons. The van der Waals surface area contributed by atoms with Gasteiger partial charge in [-0.3, -0.25) is 4.79 Å². The number of quaternary nitrogens is 1. The van der Waals surface area contributed by atoms with Crippen molar-refractivity contribution in [1.29, 1.82) is 0 Å². The molecule has 3 nitrogen and oxygen atoms in total.